The summed E-state index contributed by atoms with van der Waals surface area (Å²) in [6.45, 7) is 2.81. The summed E-state index contributed by atoms with van der Waals surface area (Å²) in [5.74, 6) is 27.5. The summed E-state index contributed by atoms with van der Waals surface area (Å²) < 4.78 is 0. The number of fused-ring (bicyclic) bond motifs is 3. The first-order valence-electron chi connectivity index (χ1n) is 28.1. The van der Waals surface area contributed by atoms with Crippen molar-refractivity contribution in [1.82, 2.24) is 9.80 Å². The third-order valence-corrected chi connectivity index (χ3v) is 29.3. The minimum Gasteiger partial charge on any atom is -0.298 e. The number of rotatable bonds is 2. The lowest BCUT2D eigenvalue weighted by Gasteiger charge is -2.63. The molecule has 2 aromatic rings. The van der Waals surface area contributed by atoms with Crippen molar-refractivity contribution < 1.29 is 0 Å². The van der Waals surface area contributed by atoms with Crippen LogP contribution in [0.15, 0.2) is 58.7 Å². The summed E-state index contributed by atoms with van der Waals surface area (Å²) in [6.07, 6.45) is 16.6. The van der Waals surface area contributed by atoms with Crippen molar-refractivity contribution in [2.24, 2.45) is 165 Å². The molecule has 30 unspecified atom stereocenters. The first kappa shape index (κ1) is 32.5. The van der Waals surface area contributed by atoms with E-state index in [4.69, 9.17) is 0 Å². The molecule has 20 aliphatic rings. The van der Waals surface area contributed by atoms with E-state index in [-0.39, 0.29) is 0 Å². The summed E-state index contributed by atoms with van der Waals surface area (Å²) in [5, 5.41) is 0. The number of hydrogen-bond donors (Lipinski definition) is 0. The first-order valence-corrected chi connectivity index (χ1v) is 28.1. The largest absolute Gasteiger partial charge is 0.298 e. The number of likely N-dealkylation sites (tertiary alicyclic amines) is 2. The van der Waals surface area contributed by atoms with Crippen LogP contribution in [0.2, 0.25) is 0 Å². The highest BCUT2D eigenvalue weighted by atomic mass is 15.2. The van der Waals surface area contributed by atoms with Gasteiger partial charge in [0.15, 0.2) is 0 Å². The highest BCUT2D eigenvalue weighted by Crippen LogP contribution is 2.95. The molecule has 0 N–H and O–H groups in total. The van der Waals surface area contributed by atoms with Crippen molar-refractivity contribution in [2.45, 2.75) is 82.7 Å². The Balaban J connectivity index is 0.839. The van der Waals surface area contributed by atoms with E-state index < -0.39 is 0 Å². The lowest BCUT2D eigenvalue weighted by molar-refractivity contribution is -0.160. The molecule has 2 aromatic carbocycles. The Morgan fingerprint density at radius 1 is 0.492 bits per heavy atom. The van der Waals surface area contributed by atoms with Crippen LogP contribution in [0.1, 0.15) is 90.4 Å². The highest BCUT2D eigenvalue weighted by Gasteiger charge is 2.90. The number of benzene rings is 2. The maximum atomic E-state index is 3.06. The standard InChI is InChI=1S/C61H66N2/c1-62-20-35-33-16-29-13-30-17-34-42-46-37(30)36(29)45-41(33)54-52-48-44-38-28(15-32-19-61(35,57(54)40(32)44)59(62)27-10-6-23-4-8-25(23)12-27)14-31-18-60(56-39(31)43(38)47(48)51(53(42)56)50(46)49(45)52)21-63(2)58(55(34)60)26-9-5-22-3-7-24(22)11-26/h5-6,9-12,28-32,35-40,42-54,56-59H,3-4,7-8,13-21H2,1-2H3. The number of likely N-dealkylation sites (N-methyl/N-ethyl adjacent to an activating group) is 1. The zero-order chi connectivity index (χ0) is 39.5. The Morgan fingerprint density at radius 2 is 1.11 bits per heavy atom. The molecule has 2 nitrogen and oxygen atoms in total. The van der Waals surface area contributed by atoms with E-state index in [9.17, 15) is 0 Å². The zero-order valence-corrected chi connectivity index (χ0v) is 37.7. The molecule has 63 heavy (non-hydrogen) atoms. The highest BCUT2D eigenvalue weighted by molar-refractivity contribution is 5.55. The molecule has 18 aliphatic carbocycles. The second kappa shape index (κ2) is 9.35. The average molecular weight is 827 g/mol. The van der Waals surface area contributed by atoms with Gasteiger partial charge in [0.05, 0.1) is 6.04 Å². The van der Waals surface area contributed by atoms with Crippen LogP contribution in [-0.2, 0) is 25.7 Å². The maximum absolute atomic E-state index is 3.06. The van der Waals surface area contributed by atoms with E-state index in [1.165, 1.54) is 38.8 Å². The van der Waals surface area contributed by atoms with Crippen LogP contribution in [0.3, 0.4) is 0 Å². The number of aryl methyl sites for hydroxylation is 4. The Morgan fingerprint density at radius 3 is 1.92 bits per heavy atom. The molecule has 0 bridgehead atoms. The Bertz CT molecular complexity index is 2770. The molecule has 15 fully saturated rings. The van der Waals surface area contributed by atoms with Crippen LogP contribution in [0.25, 0.3) is 0 Å². The normalized spacial score (nSPS) is 65.6. The fraction of sp³-hybridized carbons (Fsp3) is 0.738. The SMILES string of the molecule is CN1CC23CC4CC5CC6CC78C(CN(C)C7c7ccc9c(c7)CC9)C7=C9C%10C%11C(C7)CC7CC(=C2C1c1ccc2c(c1)CC2)C1C(C7%11)C2C%10C7C9C8C6C6C5C5C(C76)C2C1C3C45. The molecule has 2 heterocycles. The van der Waals surface area contributed by atoms with Gasteiger partial charge in [0.2, 0.25) is 0 Å². The predicted molar refractivity (Wildman–Crippen MR) is 240 cm³/mol. The van der Waals surface area contributed by atoms with Crippen molar-refractivity contribution in [3.8, 4) is 0 Å². The minimum atomic E-state index is 0.488. The average Bonchev–Trinajstić information content (AvgIpc) is 4.12. The van der Waals surface area contributed by atoms with Crippen LogP contribution < -0.4 is 0 Å². The van der Waals surface area contributed by atoms with E-state index in [0.29, 0.717) is 22.9 Å². The monoisotopic (exact) mass is 827 g/mol. The minimum absolute atomic E-state index is 0.488. The lowest BCUT2D eigenvalue weighted by Crippen LogP contribution is -2.60. The molecule has 0 aromatic heterocycles. The van der Waals surface area contributed by atoms with Crippen molar-refractivity contribution in [1.29, 1.82) is 0 Å². The topological polar surface area (TPSA) is 6.48 Å². The molecular formula is C61H66N2. The van der Waals surface area contributed by atoms with E-state index in [1.807, 2.05) is 0 Å². The van der Waals surface area contributed by atoms with Gasteiger partial charge in [-0.25, -0.2) is 0 Å². The lowest BCUT2D eigenvalue weighted by atomic mass is 9.41. The van der Waals surface area contributed by atoms with Gasteiger partial charge < -0.3 is 0 Å². The van der Waals surface area contributed by atoms with Gasteiger partial charge in [-0.3, -0.25) is 9.80 Å². The maximum Gasteiger partial charge on any atom is 0.0567 e. The third-order valence-electron chi connectivity index (χ3n) is 29.3. The Hall–Kier alpha value is -2.16. The molecule has 320 valence electrons. The molecule has 0 amide bonds. The van der Waals surface area contributed by atoms with Crippen molar-refractivity contribution in [2.75, 3.05) is 27.2 Å². The molecule has 22 rings (SSSR count). The number of hydrogen-bond acceptors (Lipinski definition) is 2. The zero-order valence-electron chi connectivity index (χ0n) is 37.7. The van der Waals surface area contributed by atoms with Gasteiger partial charge in [0, 0.05) is 35.9 Å². The quantitative estimate of drug-likeness (QED) is 0.279. The summed E-state index contributed by atoms with van der Waals surface area (Å²) in [6, 6.07) is 17.5. The van der Waals surface area contributed by atoms with Gasteiger partial charge >= 0.3 is 0 Å². The molecule has 0 radical (unpaired) electrons. The van der Waals surface area contributed by atoms with Gasteiger partial charge in [0.25, 0.3) is 0 Å². The van der Waals surface area contributed by atoms with E-state index in [0.717, 1.165) is 154 Å². The second-order valence-corrected chi connectivity index (χ2v) is 29.1. The van der Waals surface area contributed by atoms with Crippen molar-refractivity contribution in [3.63, 3.8) is 0 Å². The molecule has 2 spiro atoms. The van der Waals surface area contributed by atoms with Crippen molar-refractivity contribution >= 4 is 0 Å². The van der Waals surface area contributed by atoms with Gasteiger partial charge in [-0.05, 0) is 272 Å². The third kappa shape index (κ3) is 2.81. The summed E-state index contributed by atoms with van der Waals surface area (Å²) in [5.41, 5.74) is 20.2. The fourth-order valence-electron chi connectivity index (χ4n) is 30.3. The van der Waals surface area contributed by atoms with Crippen LogP contribution in [0.4, 0.5) is 0 Å². The van der Waals surface area contributed by atoms with Crippen LogP contribution in [0, 0.1) is 165 Å². The van der Waals surface area contributed by atoms with Gasteiger partial charge in [-0.1, -0.05) is 53.1 Å². The summed E-state index contributed by atoms with van der Waals surface area (Å²) >= 11 is 0. The van der Waals surface area contributed by atoms with E-state index in [2.05, 4.69) is 82.6 Å². The molecule has 2 aliphatic heterocycles. The van der Waals surface area contributed by atoms with Crippen LogP contribution in [-0.4, -0.2) is 37.0 Å². The molecular weight excluding hydrogens is 761 g/mol. The molecule has 2 saturated heterocycles. The smallest absolute Gasteiger partial charge is 0.0567 e. The first-order chi connectivity index (χ1) is 31.0. The summed E-state index contributed by atoms with van der Waals surface area (Å²) in [7, 11) is 5.31. The van der Waals surface area contributed by atoms with Gasteiger partial charge in [0.1, 0.15) is 0 Å². The van der Waals surface area contributed by atoms with Crippen LogP contribution >= 0.6 is 0 Å². The summed E-state index contributed by atoms with van der Waals surface area (Å²) in [4.78, 5) is 6.09. The van der Waals surface area contributed by atoms with E-state index in [1.54, 1.807) is 78.3 Å². The predicted octanol–water partition coefficient (Wildman–Crippen LogP) is 10.1. The van der Waals surface area contributed by atoms with E-state index >= 15 is 0 Å². The number of allylic oxidation sites excluding steroid dienone is 2. The Kier molecular flexibility index (Phi) is 4.83. The van der Waals surface area contributed by atoms with Gasteiger partial charge in [-0.2, -0.15) is 0 Å². The number of nitrogens with zero attached hydrogens (tertiary/aromatic N) is 2. The van der Waals surface area contributed by atoms with Crippen molar-refractivity contribution in [3.05, 3.63) is 92.1 Å². The fourth-order valence-corrected chi connectivity index (χ4v) is 30.3. The molecule has 13 saturated carbocycles. The second-order valence-electron chi connectivity index (χ2n) is 29.1. The van der Waals surface area contributed by atoms with Gasteiger partial charge in [-0.15, -0.1) is 0 Å². The Labute approximate surface area is 374 Å². The van der Waals surface area contributed by atoms with Crippen LogP contribution in [0.5, 0.6) is 0 Å². The molecule has 2 heteroatoms. The molecule has 30 atom stereocenters.